The van der Waals surface area contributed by atoms with Crippen LogP contribution in [0.2, 0.25) is 5.02 Å². The first-order valence-corrected chi connectivity index (χ1v) is 6.63. The third-order valence-corrected chi connectivity index (χ3v) is 3.53. The normalized spacial score (nSPS) is 10.4. The van der Waals surface area contributed by atoms with Gasteiger partial charge in [0.25, 0.3) is 0 Å². The Bertz CT molecular complexity index is 598. The Morgan fingerprint density at radius 1 is 1.39 bits per heavy atom. The first kappa shape index (κ1) is 13.2. The molecule has 0 spiro atoms. The van der Waals surface area contributed by atoms with Gasteiger partial charge < -0.3 is 0 Å². The molecule has 4 heteroatoms. The van der Waals surface area contributed by atoms with Crippen molar-refractivity contribution < 1.29 is 4.79 Å². The van der Waals surface area contributed by atoms with Gasteiger partial charge in [-0.2, -0.15) is 0 Å². The maximum absolute atomic E-state index is 12.2. The molecule has 0 aliphatic heterocycles. The molecule has 1 aromatic carbocycles. The van der Waals surface area contributed by atoms with E-state index in [0.29, 0.717) is 11.4 Å². The second kappa shape index (κ2) is 5.63. The van der Waals surface area contributed by atoms with Gasteiger partial charge in [-0.05, 0) is 36.2 Å². The summed E-state index contributed by atoms with van der Waals surface area (Å²) in [5, 5.41) is 0.528. The SMILES string of the molecule is Cc1cc(Br)ccc1C(=O)Cc1ccncc1Cl. The number of carbonyl (C=O) groups excluding carboxylic acids is 1. The van der Waals surface area contributed by atoms with Crippen LogP contribution in [0.4, 0.5) is 0 Å². The van der Waals surface area contributed by atoms with E-state index in [9.17, 15) is 4.79 Å². The van der Waals surface area contributed by atoms with Crippen LogP contribution >= 0.6 is 27.5 Å². The predicted molar refractivity (Wildman–Crippen MR) is 76.2 cm³/mol. The van der Waals surface area contributed by atoms with Crippen LogP contribution in [0.25, 0.3) is 0 Å². The Morgan fingerprint density at radius 3 is 2.83 bits per heavy atom. The minimum atomic E-state index is 0.0631. The lowest BCUT2D eigenvalue weighted by Gasteiger charge is -2.06. The van der Waals surface area contributed by atoms with Crippen molar-refractivity contribution in [2.45, 2.75) is 13.3 Å². The summed E-state index contributed by atoms with van der Waals surface area (Å²) in [5.41, 5.74) is 2.49. The minimum Gasteiger partial charge on any atom is -0.294 e. The van der Waals surface area contributed by atoms with Gasteiger partial charge in [-0.1, -0.05) is 33.6 Å². The third kappa shape index (κ3) is 2.98. The Hall–Kier alpha value is -1.19. The smallest absolute Gasteiger partial charge is 0.167 e. The van der Waals surface area contributed by atoms with E-state index < -0.39 is 0 Å². The topological polar surface area (TPSA) is 30.0 Å². The molecule has 0 atom stereocenters. The molecule has 2 nitrogen and oxygen atoms in total. The molecule has 18 heavy (non-hydrogen) atoms. The number of benzene rings is 1. The van der Waals surface area contributed by atoms with Crippen LogP contribution in [0.15, 0.2) is 41.1 Å². The van der Waals surface area contributed by atoms with Crippen molar-refractivity contribution in [3.8, 4) is 0 Å². The van der Waals surface area contributed by atoms with E-state index in [0.717, 1.165) is 21.2 Å². The number of hydrogen-bond donors (Lipinski definition) is 0. The van der Waals surface area contributed by atoms with Crippen molar-refractivity contribution in [3.63, 3.8) is 0 Å². The zero-order valence-corrected chi connectivity index (χ0v) is 12.1. The summed E-state index contributed by atoms with van der Waals surface area (Å²) in [6.45, 7) is 1.92. The molecule has 0 aliphatic rings. The lowest BCUT2D eigenvalue weighted by molar-refractivity contribution is 0.0992. The first-order chi connectivity index (χ1) is 8.58. The van der Waals surface area contributed by atoms with Crippen molar-refractivity contribution in [2.24, 2.45) is 0 Å². The molecule has 0 radical (unpaired) electrons. The Labute approximate surface area is 119 Å². The number of nitrogens with zero attached hydrogens (tertiary/aromatic N) is 1. The second-order valence-corrected chi connectivity index (χ2v) is 5.35. The summed E-state index contributed by atoms with van der Waals surface area (Å²) in [4.78, 5) is 16.1. The van der Waals surface area contributed by atoms with E-state index in [-0.39, 0.29) is 5.78 Å². The molecule has 0 bridgehead atoms. The molecule has 0 aliphatic carbocycles. The number of rotatable bonds is 3. The average molecular weight is 325 g/mol. The lowest BCUT2D eigenvalue weighted by atomic mass is 10.00. The molecular formula is C14H11BrClNO. The summed E-state index contributed by atoms with van der Waals surface area (Å²) < 4.78 is 0.971. The van der Waals surface area contributed by atoms with Crippen molar-refractivity contribution in [1.82, 2.24) is 4.98 Å². The molecule has 1 aromatic heterocycles. The maximum atomic E-state index is 12.2. The molecule has 1 heterocycles. The molecule has 92 valence electrons. The van der Waals surface area contributed by atoms with Crippen molar-refractivity contribution in [3.05, 3.63) is 62.8 Å². The zero-order chi connectivity index (χ0) is 13.1. The molecule has 2 aromatic rings. The fourth-order valence-electron chi connectivity index (χ4n) is 1.76. The molecule has 0 saturated carbocycles. The maximum Gasteiger partial charge on any atom is 0.167 e. The Balaban J connectivity index is 2.25. The number of ketones is 1. The van der Waals surface area contributed by atoms with E-state index in [1.165, 1.54) is 0 Å². The number of carbonyl (C=O) groups is 1. The number of aryl methyl sites for hydroxylation is 1. The molecule has 2 rings (SSSR count). The highest BCUT2D eigenvalue weighted by Gasteiger charge is 2.12. The van der Waals surface area contributed by atoms with Crippen LogP contribution in [-0.2, 0) is 6.42 Å². The molecule has 0 fully saturated rings. The van der Waals surface area contributed by atoms with Gasteiger partial charge in [0.15, 0.2) is 5.78 Å². The Kier molecular flexibility index (Phi) is 4.15. The van der Waals surface area contributed by atoms with Crippen LogP contribution in [0.3, 0.4) is 0 Å². The first-order valence-electron chi connectivity index (χ1n) is 5.45. The number of pyridine rings is 1. The van der Waals surface area contributed by atoms with Gasteiger partial charge in [0.1, 0.15) is 0 Å². The summed E-state index contributed by atoms with van der Waals surface area (Å²) >= 11 is 9.38. The van der Waals surface area contributed by atoms with Gasteiger partial charge in [0.05, 0.1) is 5.02 Å². The Morgan fingerprint density at radius 2 is 2.17 bits per heavy atom. The summed E-state index contributed by atoms with van der Waals surface area (Å²) in [5.74, 6) is 0.0631. The lowest BCUT2D eigenvalue weighted by Crippen LogP contribution is -2.06. The molecule has 0 saturated heterocycles. The van der Waals surface area contributed by atoms with Crippen LogP contribution in [-0.4, -0.2) is 10.8 Å². The monoisotopic (exact) mass is 323 g/mol. The van der Waals surface area contributed by atoms with E-state index in [1.54, 1.807) is 18.5 Å². The van der Waals surface area contributed by atoms with Gasteiger partial charge in [0, 0.05) is 28.9 Å². The number of Topliss-reactive ketones (excluding diaryl/α,β-unsaturated/α-hetero) is 1. The summed E-state index contributed by atoms with van der Waals surface area (Å²) in [7, 11) is 0. The highest BCUT2D eigenvalue weighted by Crippen LogP contribution is 2.20. The minimum absolute atomic E-state index is 0.0631. The van der Waals surface area contributed by atoms with Crippen LogP contribution in [0, 0.1) is 6.92 Å². The largest absolute Gasteiger partial charge is 0.294 e. The van der Waals surface area contributed by atoms with Gasteiger partial charge in [0.2, 0.25) is 0 Å². The number of halogens is 2. The van der Waals surface area contributed by atoms with E-state index in [1.807, 2.05) is 25.1 Å². The van der Waals surface area contributed by atoms with Gasteiger partial charge >= 0.3 is 0 Å². The van der Waals surface area contributed by atoms with E-state index in [2.05, 4.69) is 20.9 Å². The molecule has 0 N–H and O–H groups in total. The molecule has 0 unspecified atom stereocenters. The fraction of sp³-hybridized carbons (Fsp3) is 0.143. The summed E-state index contributed by atoms with van der Waals surface area (Å²) in [6.07, 6.45) is 3.49. The van der Waals surface area contributed by atoms with Gasteiger partial charge in [-0.3, -0.25) is 9.78 Å². The van der Waals surface area contributed by atoms with E-state index >= 15 is 0 Å². The fourth-order valence-corrected chi connectivity index (χ4v) is 2.42. The van der Waals surface area contributed by atoms with E-state index in [4.69, 9.17) is 11.6 Å². The standard InChI is InChI=1S/C14H11BrClNO/c1-9-6-11(15)2-3-12(9)14(18)7-10-4-5-17-8-13(10)16/h2-6,8H,7H2,1H3. The van der Waals surface area contributed by atoms with Crippen LogP contribution < -0.4 is 0 Å². The predicted octanol–water partition coefficient (Wildman–Crippen LogP) is 4.23. The number of aromatic nitrogens is 1. The quantitative estimate of drug-likeness (QED) is 0.791. The van der Waals surface area contributed by atoms with Crippen molar-refractivity contribution in [2.75, 3.05) is 0 Å². The van der Waals surface area contributed by atoms with Crippen LogP contribution in [0.5, 0.6) is 0 Å². The zero-order valence-electron chi connectivity index (χ0n) is 9.78. The number of hydrogen-bond acceptors (Lipinski definition) is 2. The highest BCUT2D eigenvalue weighted by atomic mass is 79.9. The second-order valence-electron chi connectivity index (χ2n) is 4.03. The molecule has 0 amide bonds. The van der Waals surface area contributed by atoms with Gasteiger partial charge in [-0.15, -0.1) is 0 Å². The van der Waals surface area contributed by atoms with Crippen LogP contribution in [0.1, 0.15) is 21.5 Å². The molecular weight excluding hydrogens is 314 g/mol. The van der Waals surface area contributed by atoms with Crippen molar-refractivity contribution in [1.29, 1.82) is 0 Å². The third-order valence-electron chi connectivity index (χ3n) is 2.70. The highest BCUT2D eigenvalue weighted by molar-refractivity contribution is 9.10. The van der Waals surface area contributed by atoms with Gasteiger partial charge in [-0.25, -0.2) is 0 Å². The average Bonchev–Trinajstić information content (AvgIpc) is 2.32. The van der Waals surface area contributed by atoms with Crippen molar-refractivity contribution >= 4 is 33.3 Å². The summed E-state index contributed by atoms with van der Waals surface area (Å²) in [6, 6.07) is 7.40.